The minimum atomic E-state index is -1.01. The van der Waals surface area contributed by atoms with Crippen molar-refractivity contribution in [1.29, 1.82) is 0 Å². The van der Waals surface area contributed by atoms with Gasteiger partial charge in [0.2, 0.25) is 11.8 Å². The zero-order valence-corrected chi connectivity index (χ0v) is 20.6. The summed E-state index contributed by atoms with van der Waals surface area (Å²) in [4.78, 5) is 33.2. The molecule has 2 amide bonds. The molecule has 2 atom stereocenters. The number of carbonyl (C=O) groups excluding carboxylic acids is 2. The van der Waals surface area contributed by atoms with E-state index < -0.39 is 17.8 Å². The lowest BCUT2D eigenvalue weighted by atomic mass is 9.92. The van der Waals surface area contributed by atoms with E-state index in [-0.39, 0.29) is 24.3 Å². The Bertz CT molecular complexity index is 1550. The third-order valence-corrected chi connectivity index (χ3v) is 7.94. The number of halogens is 1. The van der Waals surface area contributed by atoms with Gasteiger partial charge in [-0.3, -0.25) is 14.6 Å². The summed E-state index contributed by atoms with van der Waals surface area (Å²) in [5.74, 6) is -0.646. The van der Waals surface area contributed by atoms with Crippen molar-refractivity contribution in [2.45, 2.75) is 38.3 Å². The Morgan fingerprint density at radius 2 is 2.00 bits per heavy atom. The number of thiophene rings is 1. The lowest BCUT2D eigenvalue weighted by molar-refractivity contribution is 0.0776. The second kappa shape index (κ2) is 8.86. The van der Waals surface area contributed by atoms with Gasteiger partial charge < -0.3 is 20.2 Å². The highest BCUT2D eigenvalue weighted by Gasteiger charge is 2.45. The van der Waals surface area contributed by atoms with Crippen molar-refractivity contribution in [2.75, 3.05) is 6.54 Å². The second-order valence-corrected chi connectivity index (χ2v) is 10.2. The van der Waals surface area contributed by atoms with Gasteiger partial charge in [-0.15, -0.1) is 21.5 Å². The van der Waals surface area contributed by atoms with E-state index >= 15 is 0 Å². The molecule has 6 rings (SSSR count). The molecule has 1 fully saturated rings. The van der Waals surface area contributed by atoms with Crippen molar-refractivity contribution >= 4 is 23.2 Å². The Morgan fingerprint density at radius 1 is 1.22 bits per heavy atom. The van der Waals surface area contributed by atoms with Crippen LogP contribution in [-0.4, -0.2) is 43.5 Å². The summed E-state index contributed by atoms with van der Waals surface area (Å²) >= 11 is 1.16. The number of benzene rings is 1. The van der Waals surface area contributed by atoms with Crippen LogP contribution >= 0.6 is 11.3 Å². The maximum Gasteiger partial charge on any atom is 0.258 e. The molecule has 2 unspecified atom stereocenters. The number of pyridine rings is 1. The first-order valence-corrected chi connectivity index (χ1v) is 12.6. The number of aromatic nitrogens is 3. The van der Waals surface area contributed by atoms with Crippen LogP contribution in [0.2, 0.25) is 0 Å². The Labute approximate surface area is 214 Å². The van der Waals surface area contributed by atoms with Gasteiger partial charge in [-0.05, 0) is 42.7 Å². The first-order valence-electron chi connectivity index (χ1n) is 11.8. The number of aliphatic hydroxyl groups is 1. The average molecular weight is 520 g/mol. The predicted molar refractivity (Wildman–Crippen MR) is 132 cm³/mol. The summed E-state index contributed by atoms with van der Waals surface area (Å²) in [6.07, 6.45) is 0.692. The molecule has 188 valence electrons. The van der Waals surface area contributed by atoms with Gasteiger partial charge in [-0.25, -0.2) is 4.39 Å². The zero-order chi connectivity index (χ0) is 25.8. The van der Waals surface area contributed by atoms with Crippen LogP contribution in [-0.2, 0) is 6.42 Å². The predicted octanol–water partition coefficient (Wildman–Crippen LogP) is 3.97. The molecule has 0 aliphatic carbocycles. The molecule has 37 heavy (non-hydrogen) atoms. The molecule has 5 heterocycles. The zero-order valence-electron chi connectivity index (χ0n) is 19.8. The monoisotopic (exact) mass is 519 g/mol. The number of nitrogens with two attached hydrogens (primary N) is 1. The van der Waals surface area contributed by atoms with E-state index in [9.17, 15) is 19.1 Å². The summed E-state index contributed by atoms with van der Waals surface area (Å²) in [5.41, 5.74) is 8.54. The van der Waals surface area contributed by atoms with E-state index in [0.29, 0.717) is 55.8 Å². The Hall–Kier alpha value is -3.96. The summed E-state index contributed by atoms with van der Waals surface area (Å²) in [5, 5.41) is 19.3. The standard InChI is InChI=1S/C26H22FN5O4S/c1-12-30-31-25(36-12)20-15(11-17(33)13-4-6-14(27)7-5-13)29-23-16-3-2-10-32(16)26(35)22(23)21(20)18-8-9-19(37-18)24(28)34/h4-9,16-17,33H,2-3,10-11H2,1H3,(H2,28,34). The fourth-order valence-corrected chi connectivity index (χ4v) is 6.08. The molecule has 0 saturated carbocycles. The molecule has 11 heteroatoms. The topological polar surface area (TPSA) is 135 Å². The number of fused-ring (bicyclic) bond motifs is 3. The van der Waals surface area contributed by atoms with Gasteiger partial charge >= 0.3 is 0 Å². The highest BCUT2D eigenvalue weighted by Crippen LogP contribution is 2.49. The molecule has 3 aromatic heterocycles. The number of carbonyl (C=O) groups is 2. The number of primary amides is 1. The van der Waals surface area contributed by atoms with Crippen molar-refractivity contribution in [2.24, 2.45) is 5.73 Å². The first-order chi connectivity index (χ1) is 17.8. The van der Waals surface area contributed by atoms with Gasteiger partial charge in [-0.2, -0.15) is 0 Å². The van der Waals surface area contributed by atoms with Crippen molar-refractivity contribution in [3.8, 4) is 21.9 Å². The fraction of sp³-hybridized carbons (Fsp3) is 0.269. The van der Waals surface area contributed by atoms with Crippen LogP contribution in [0.3, 0.4) is 0 Å². The minimum Gasteiger partial charge on any atom is -0.421 e. The summed E-state index contributed by atoms with van der Waals surface area (Å²) in [6, 6.07) is 8.80. The van der Waals surface area contributed by atoms with Crippen LogP contribution < -0.4 is 5.73 Å². The minimum absolute atomic E-state index is 0.0532. The van der Waals surface area contributed by atoms with E-state index in [2.05, 4.69) is 10.2 Å². The molecule has 0 spiro atoms. The van der Waals surface area contributed by atoms with Crippen molar-refractivity contribution < 1.29 is 23.5 Å². The number of amides is 2. The SMILES string of the molecule is Cc1nnc(-c2c(CC(O)c3ccc(F)cc3)nc3c(c2-c2ccc(C(N)=O)s2)C(=O)N2CCCC32)o1. The van der Waals surface area contributed by atoms with E-state index in [1.807, 2.05) is 4.90 Å². The smallest absolute Gasteiger partial charge is 0.258 e. The quantitative estimate of drug-likeness (QED) is 0.393. The molecule has 1 aromatic carbocycles. The normalized spacial score (nSPS) is 17.2. The van der Waals surface area contributed by atoms with E-state index in [1.165, 1.54) is 24.3 Å². The van der Waals surface area contributed by atoms with Crippen molar-refractivity contribution in [3.05, 3.63) is 75.5 Å². The van der Waals surface area contributed by atoms with Crippen LogP contribution in [0.4, 0.5) is 4.39 Å². The van der Waals surface area contributed by atoms with Gasteiger partial charge in [0.05, 0.1) is 39.5 Å². The maximum atomic E-state index is 13.6. The van der Waals surface area contributed by atoms with Crippen LogP contribution in [0.1, 0.15) is 67.9 Å². The molecule has 4 aromatic rings. The van der Waals surface area contributed by atoms with Crippen LogP contribution in [0, 0.1) is 12.7 Å². The van der Waals surface area contributed by atoms with Gasteiger partial charge in [0.25, 0.3) is 11.8 Å². The number of rotatable bonds is 6. The number of aryl methyl sites for hydroxylation is 1. The van der Waals surface area contributed by atoms with E-state index in [0.717, 1.165) is 24.2 Å². The third kappa shape index (κ3) is 3.91. The first kappa shape index (κ1) is 23.4. The van der Waals surface area contributed by atoms with Crippen LogP contribution in [0.15, 0.2) is 40.8 Å². The fourth-order valence-electron chi connectivity index (χ4n) is 5.16. The summed E-state index contributed by atoms with van der Waals surface area (Å²) in [6.45, 7) is 2.28. The molecular weight excluding hydrogens is 497 g/mol. The number of hydrogen-bond donors (Lipinski definition) is 2. The maximum absolute atomic E-state index is 13.6. The Kier molecular flexibility index (Phi) is 5.61. The van der Waals surface area contributed by atoms with Gasteiger partial charge in [0.1, 0.15) is 5.82 Å². The molecular formula is C26H22FN5O4S. The largest absolute Gasteiger partial charge is 0.421 e. The molecule has 2 aliphatic heterocycles. The van der Waals surface area contributed by atoms with Crippen molar-refractivity contribution in [1.82, 2.24) is 20.1 Å². The number of nitrogens with zero attached hydrogens (tertiary/aromatic N) is 4. The van der Waals surface area contributed by atoms with Gasteiger partial charge in [0.15, 0.2) is 0 Å². The molecule has 2 aliphatic rings. The van der Waals surface area contributed by atoms with E-state index in [1.54, 1.807) is 19.1 Å². The Morgan fingerprint density at radius 3 is 2.68 bits per heavy atom. The lowest BCUT2D eigenvalue weighted by Gasteiger charge is -2.18. The summed E-state index contributed by atoms with van der Waals surface area (Å²) in [7, 11) is 0. The lowest BCUT2D eigenvalue weighted by Crippen LogP contribution is -2.22. The highest BCUT2D eigenvalue weighted by atomic mass is 32.1. The highest BCUT2D eigenvalue weighted by molar-refractivity contribution is 7.17. The van der Waals surface area contributed by atoms with Crippen LogP contribution in [0.5, 0.6) is 0 Å². The summed E-state index contributed by atoms with van der Waals surface area (Å²) < 4.78 is 19.3. The molecule has 9 nitrogen and oxygen atoms in total. The van der Waals surface area contributed by atoms with Crippen molar-refractivity contribution in [3.63, 3.8) is 0 Å². The molecule has 3 N–H and O–H groups in total. The number of aliphatic hydroxyl groups excluding tert-OH is 1. The molecule has 1 saturated heterocycles. The third-order valence-electron chi connectivity index (χ3n) is 6.82. The molecule has 0 bridgehead atoms. The second-order valence-electron chi connectivity index (χ2n) is 9.15. The average Bonchev–Trinajstić information content (AvgIpc) is 3.66. The molecule has 0 radical (unpaired) electrons. The van der Waals surface area contributed by atoms with E-state index in [4.69, 9.17) is 15.1 Å². The van der Waals surface area contributed by atoms with Gasteiger partial charge in [0, 0.05) is 30.3 Å². The number of hydrogen-bond acceptors (Lipinski definition) is 8. The van der Waals surface area contributed by atoms with Crippen LogP contribution in [0.25, 0.3) is 21.9 Å². The van der Waals surface area contributed by atoms with Gasteiger partial charge in [-0.1, -0.05) is 12.1 Å². The Balaban J connectivity index is 1.60.